The van der Waals surface area contributed by atoms with E-state index in [1.54, 1.807) is 63.5 Å². The van der Waals surface area contributed by atoms with Crippen molar-refractivity contribution in [2.75, 3.05) is 33.3 Å². The van der Waals surface area contributed by atoms with Crippen LogP contribution in [0.5, 0.6) is 5.75 Å². The normalized spacial score (nSPS) is 17.6. The molecule has 0 aliphatic carbocycles. The maximum Gasteiger partial charge on any atom is 0.293 e. The Morgan fingerprint density at radius 2 is 1.66 bits per heavy atom. The van der Waals surface area contributed by atoms with Gasteiger partial charge in [-0.05, 0) is 55.9 Å². The van der Waals surface area contributed by atoms with Gasteiger partial charge in [0.15, 0.2) is 5.75 Å². The minimum atomic E-state index is -2.92. The number of likely N-dealkylation sites (tertiary alicyclic amines) is 1. The number of amides is 2. The van der Waals surface area contributed by atoms with Crippen LogP contribution in [0.2, 0.25) is 0 Å². The second kappa shape index (κ2) is 22.6. The van der Waals surface area contributed by atoms with E-state index in [9.17, 15) is 23.2 Å². The number of benzene rings is 2. The van der Waals surface area contributed by atoms with Crippen LogP contribution in [-0.2, 0) is 7.05 Å². The first-order chi connectivity index (χ1) is 26.6. The van der Waals surface area contributed by atoms with Gasteiger partial charge in [-0.25, -0.2) is 13.8 Å². The van der Waals surface area contributed by atoms with E-state index >= 15 is 0 Å². The van der Waals surface area contributed by atoms with Crippen molar-refractivity contribution in [3.63, 3.8) is 0 Å². The number of pyridine rings is 1. The summed E-state index contributed by atoms with van der Waals surface area (Å²) < 4.78 is 36.5. The van der Waals surface area contributed by atoms with Gasteiger partial charge >= 0.3 is 0 Å². The Hall–Kier alpha value is -4.97. The highest BCUT2D eigenvalue weighted by atomic mass is 35.5. The third-order valence-electron chi connectivity index (χ3n) is 9.18. The number of carbonyl (C=O) groups is 2. The lowest BCUT2D eigenvalue weighted by Gasteiger charge is -2.43. The zero-order valence-electron chi connectivity index (χ0n) is 34.3. The van der Waals surface area contributed by atoms with E-state index in [-0.39, 0.29) is 43.4 Å². The van der Waals surface area contributed by atoms with Crippen molar-refractivity contribution in [1.29, 1.82) is 0 Å². The molecule has 2 aliphatic heterocycles. The van der Waals surface area contributed by atoms with Crippen molar-refractivity contribution < 1.29 is 23.1 Å². The third kappa shape index (κ3) is 12.0. The number of nitrogens with one attached hydrogen (secondary N) is 1. The van der Waals surface area contributed by atoms with Gasteiger partial charge in [0.1, 0.15) is 12.4 Å². The van der Waals surface area contributed by atoms with Crippen LogP contribution in [0.3, 0.4) is 0 Å². The summed E-state index contributed by atoms with van der Waals surface area (Å²) in [7, 11) is 3.44. The van der Waals surface area contributed by atoms with Gasteiger partial charge in [-0.2, -0.15) is 0 Å². The van der Waals surface area contributed by atoms with Crippen molar-refractivity contribution in [3.05, 3.63) is 106 Å². The van der Waals surface area contributed by atoms with Gasteiger partial charge in [-0.1, -0.05) is 96.8 Å². The number of imide groups is 1. The number of nitrogens with zero attached hydrogens (tertiary/aromatic N) is 4. The smallest absolute Gasteiger partial charge is 0.293 e. The number of halogens is 3. The topological polar surface area (TPSA) is 122 Å². The molecule has 0 saturated carbocycles. The zero-order valence-corrected chi connectivity index (χ0v) is 35.1. The molecule has 1 aromatic heterocycles. The minimum Gasteiger partial charge on any atom is -0.482 e. The summed E-state index contributed by atoms with van der Waals surface area (Å²) in [5.74, 6) is -5.34. The van der Waals surface area contributed by atoms with Crippen molar-refractivity contribution in [2.24, 2.45) is 29.6 Å². The number of hydrogen-bond acceptors (Lipinski definition) is 7. The fourth-order valence-corrected chi connectivity index (χ4v) is 5.77. The van der Waals surface area contributed by atoms with E-state index in [0.717, 1.165) is 22.2 Å². The second-order valence-electron chi connectivity index (χ2n) is 13.2. The molecule has 0 bridgehead atoms. The average Bonchev–Trinajstić information content (AvgIpc) is 3.44. The largest absolute Gasteiger partial charge is 0.482 e. The molecule has 3 aromatic rings. The molecule has 1 fully saturated rings. The number of amidine groups is 1. The van der Waals surface area contributed by atoms with Crippen LogP contribution in [0.1, 0.15) is 88.4 Å². The molecule has 2 amide bonds. The molecule has 3 heterocycles. The number of piperidine rings is 1. The van der Waals surface area contributed by atoms with Crippen molar-refractivity contribution in [1.82, 2.24) is 19.7 Å². The predicted molar refractivity (Wildman–Crippen MR) is 226 cm³/mol. The summed E-state index contributed by atoms with van der Waals surface area (Å²) in [6.45, 7) is 17.8. The molecular formula is C43H59ClF2N6O4. The maximum atomic E-state index is 14.7. The SMILES string of the molecule is C=C(COc1cc2cc(N=C(N)/C(Cl)=C\C)ccc2n(C)c1=O)NC.CC.CC/C=C\N1CC(C)C(F)(F)C(CN2C(=O)c3ccccc3C2=O)C1.CCCC. The highest BCUT2D eigenvalue weighted by molar-refractivity contribution is 6.43. The molecule has 0 spiro atoms. The number of carbonyl (C=O) groups excluding carboxylic acids is 2. The van der Waals surface area contributed by atoms with Crippen molar-refractivity contribution in [3.8, 4) is 5.75 Å². The number of fused-ring (bicyclic) bond motifs is 2. The third-order valence-corrected chi connectivity index (χ3v) is 9.59. The summed E-state index contributed by atoms with van der Waals surface area (Å²) in [4.78, 5) is 44.4. The van der Waals surface area contributed by atoms with E-state index in [0.29, 0.717) is 27.5 Å². The number of rotatable bonds is 11. The number of likely N-dealkylation sites (N-methyl/N-ethyl adjacent to an activating group) is 1. The Kier molecular flexibility index (Phi) is 19.0. The summed E-state index contributed by atoms with van der Waals surface area (Å²) in [6, 6.07) is 13.6. The van der Waals surface area contributed by atoms with Crippen LogP contribution < -0.4 is 21.3 Å². The number of allylic oxidation sites excluding steroid dienone is 2. The molecule has 2 unspecified atom stereocenters. The molecule has 3 N–H and O–H groups in total. The molecule has 5 rings (SSSR count). The van der Waals surface area contributed by atoms with Gasteiger partial charge < -0.3 is 25.3 Å². The van der Waals surface area contributed by atoms with Gasteiger partial charge in [-0.15, -0.1) is 0 Å². The van der Waals surface area contributed by atoms with Crippen LogP contribution in [0.4, 0.5) is 14.5 Å². The monoisotopic (exact) mass is 796 g/mol. The standard InChI is InChI=1S/C19H22F2N2O2.C18H21ClN4O2.C4H10.C2H6/c1-3-4-9-22-10-13(2)19(20,21)14(11-22)12-23-17(24)15-7-5-6-8-16(15)18(23)25;1-5-14(19)17(20)22-13-6-7-15-12(8-13)9-16(18(24)23(15)4)25-10-11(2)21-3;1-3-4-2;1-2/h4-9,13-14H,3,10-12H2,1-2H3;5-9,21H,2,10H2,1,3-4H3,(H2,20,22);3-4H2,1-2H3;1-2H3/b9-4-;14-5+;;. The Morgan fingerprint density at radius 1 is 1.05 bits per heavy atom. The van der Waals surface area contributed by atoms with Crippen molar-refractivity contribution in [2.45, 2.75) is 73.7 Å². The maximum absolute atomic E-state index is 14.7. The molecule has 10 nitrogen and oxygen atoms in total. The number of nitrogens with two attached hydrogens (primary N) is 1. The van der Waals surface area contributed by atoms with Gasteiger partial charge in [-0.3, -0.25) is 19.3 Å². The lowest BCUT2D eigenvalue weighted by atomic mass is 9.85. The molecule has 1 saturated heterocycles. The Labute approximate surface area is 335 Å². The van der Waals surface area contributed by atoms with Crippen molar-refractivity contribution >= 4 is 45.8 Å². The second-order valence-corrected chi connectivity index (χ2v) is 13.6. The lowest BCUT2D eigenvalue weighted by molar-refractivity contribution is -0.140. The van der Waals surface area contributed by atoms with Gasteiger partial charge in [0.25, 0.3) is 23.3 Å². The van der Waals surface area contributed by atoms with Crippen LogP contribution in [0.25, 0.3) is 10.9 Å². The number of ether oxygens (including phenoxy) is 1. The van der Waals surface area contributed by atoms with Gasteiger partial charge in [0.05, 0.1) is 33.3 Å². The summed E-state index contributed by atoms with van der Waals surface area (Å²) in [5.41, 5.74) is 8.28. The first kappa shape index (κ1) is 47.2. The summed E-state index contributed by atoms with van der Waals surface area (Å²) >= 11 is 5.97. The molecule has 2 aliphatic rings. The fourth-order valence-electron chi connectivity index (χ4n) is 5.73. The predicted octanol–water partition coefficient (Wildman–Crippen LogP) is 9.02. The van der Waals surface area contributed by atoms with E-state index in [2.05, 4.69) is 30.7 Å². The van der Waals surface area contributed by atoms with E-state index < -0.39 is 29.6 Å². The summed E-state index contributed by atoms with van der Waals surface area (Å²) in [6.07, 6.45) is 8.90. The number of aliphatic imine (C=N–C) groups is 1. The van der Waals surface area contributed by atoms with E-state index in [1.807, 2.05) is 50.1 Å². The number of aromatic nitrogens is 1. The lowest BCUT2D eigenvalue weighted by Crippen LogP contribution is -2.55. The number of hydrogen-bond donors (Lipinski definition) is 2. The molecule has 13 heteroatoms. The van der Waals surface area contributed by atoms with E-state index in [1.165, 1.54) is 24.3 Å². The Morgan fingerprint density at radius 3 is 2.20 bits per heavy atom. The molecule has 0 radical (unpaired) electrons. The fraction of sp³-hybridized carbons (Fsp3) is 0.442. The molecule has 2 aromatic carbocycles. The van der Waals surface area contributed by atoms with Crippen LogP contribution in [-0.4, -0.2) is 71.2 Å². The minimum absolute atomic E-state index is 0.126. The van der Waals surface area contributed by atoms with Crippen LogP contribution >= 0.6 is 11.6 Å². The summed E-state index contributed by atoms with van der Waals surface area (Å²) in [5, 5.41) is 4.06. The van der Waals surface area contributed by atoms with E-state index in [4.69, 9.17) is 22.1 Å². The van der Waals surface area contributed by atoms with Gasteiger partial charge in [0.2, 0.25) is 0 Å². The molecule has 2 atom stereocenters. The number of aryl methyl sites for hydroxylation is 1. The average molecular weight is 797 g/mol. The zero-order chi connectivity index (χ0) is 42.2. The quantitative estimate of drug-likeness (QED) is 0.113. The van der Waals surface area contributed by atoms with Gasteiger partial charge in [0, 0.05) is 50.7 Å². The molecule has 306 valence electrons. The number of unbranched alkanes of at least 4 members (excludes halogenated alkanes) is 1. The Balaban J connectivity index is 0.000000339. The molecular weight excluding hydrogens is 738 g/mol. The highest BCUT2D eigenvalue weighted by Crippen LogP contribution is 2.39. The highest BCUT2D eigenvalue weighted by Gasteiger charge is 2.51. The Bertz CT molecular complexity index is 1920. The van der Waals surface area contributed by atoms with Crippen LogP contribution in [0, 0.1) is 11.8 Å². The number of alkyl halides is 2. The first-order valence-electron chi connectivity index (χ1n) is 19.2. The first-order valence-corrected chi connectivity index (χ1v) is 19.5. The van der Waals surface area contributed by atoms with Crippen LogP contribution in [0.15, 0.2) is 94.0 Å². The molecule has 56 heavy (non-hydrogen) atoms.